The van der Waals surface area contributed by atoms with E-state index in [0.717, 1.165) is 30.9 Å². The molecule has 106 valence electrons. The molecule has 0 radical (unpaired) electrons. The Morgan fingerprint density at radius 1 is 1.53 bits per heavy atom. The van der Waals surface area contributed by atoms with Crippen molar-refractivity contribution in [3.05, 3.63) is 29.8 Å². The molecule has 0 aliphatic carbocycles. The van der Waals surface area contributed by atoms with Crippen LogP contribution in [-0.2, 0) is 11.2 Å². The molecule has 0 spiro atoms. The zero-order valence-corrected chi connectivity index (χ0v) is 12.2. The van der Waals surface area contributed by atoms with Crippen LogP contribution in [0.2, 0.25) is 0 Å². The Morgan fingerprint density at radius 3 is 3.00 bits per heavy atom. The number of nitrogens with one attached hydrogen (secondary N) is 1. The minimum atomic E-state index is 0. The predicted octanol–water partition coefficient (Wildman–Crippen LogP) is 1.48. The van der Waals surface area contributed by atoms with Crippen LogP contribution >= 0.6 is 12.4 Å². The number of methoxy groups -OCH3 is 1. The van der Waals surface area contributed by atoms with Crippen molar-refractivity contribution in [1.29, 1.82) is 0 Å². The number of halogens is 1. The number of benzene rings is 1. The number of ether oxygens (including phenoxy) is 1. The van der Waals surface area contributed by atoms with E-state index in [1.165, 1.54) is 0 Å². The van der Waals surface area contributed by atoms with E-state index in [-0.39, 0.29) is 24.4 Å². The van der Waals surface area contributed by atoms with E-state index >= 15 is 0 Å². The van der Waals surface area contributed by atoms with E-state index in [1.54, 1.807) is 7.11 Å². The molecular weight excluding hydrogens is 264 g/mol. The lowest BCUT2D eigenvalue weighted by Gasteiger charge is -2.34. The van der Waals surface area contributed by atoms with Crippen molar-refractivity contribution in [3.8, 4) is 5.75 Å². The van der Waals surface area contributed by atoms with Crippen LogP contribution in [0.25, 0.3) is 0 Å². The molecule has 1 fully saturated rings. The van der Waals surface area contributed by atoms with E-state index in [2.05, 4.69) is 12.2 Å². The van der Waals surface area contributed by atoms with Crippen LogP contribution in [0, 0.1) is 0 Å². The van der Waals surface area contributed by atoms with E-state index in [0.29, 0.717) is 6.42 Å². The van der Waals surface area contributed by atoms with E-state index < -0.39 is 0 Å². The molecule has 1 aliphatic rings. The molecule has 2 rings (SSSR count). The van der Waals surface area contributed by atoms with Crippen molar-refractivity contribution in [3.63, 3.8) is 0 Å². The number of amides is 1. The SMILES string of the molecule is COc1cccc(CC(=O)N2CCNC[C@H]2C)c1.Cl. The Kier molecular flexibility index (Phi) is 6.12. The lowest BCUT2D eigenvalue weighted by molar-refractivity contribution is -0.133. The summed E-state index contributed by atoms with van der Waals surface area (Å²) in [6.45, 7) is 4.64. The van der Waals surface area contributed by atoms with Gasteiger partial charge in [0.15, 0.2) is 0 Å². The van der Waals surface area contributed by atoms with Crippen LogP contribution in [0.3, 0.4) is 0 Å². The topological polar surface area (TPSA) is 41.6 Å². The van der Waals surface area contributed by atoms with Crippen molar-refractivity contribution in [2.75, 3.05) is 26.7 Å². The largest absolute Gasteiger partial charge is 0.497 e. The van der Waals surface area contributed by atoms with Crippen molar-refractivity contribution in [2.45, 2.75) is 19.4 Å². The highest BCUT2D eigenvalue weighted by Crippen LogP contribution is 2.14. The molecule has 4 nitrogen and oxygen atoms in total. The third-order valence-corrected chi connectivity index (χ3v) is 3.31. The van der Waals surface area contributed by atoms with Gasteiger partial charge >= 0.3 is 0 Å². The van der Waals surface area contributed by atoms with Gasteiger partial charge in [-0.05, 0) is 24.6 Å². The lowest BCUT2D eigenvalue weighted by atomic mass is 10.1. The summed E-state index contributed by atoms with van der Waals surface area (Å²) in [4.78, 5) is 14.2. The molecule has 0 aromatic heterocycles. The van der Waals surface area contributed by atoms with Gasteiger partial charge in [-0.1, -0.05) is 12.1 Å². The molecule has 19 heavy (non-hydrogen) atoms. The molecule has 5 heteroatoms. The summed E-state index contributed by atoms with van der Waals surface area (Å²) in [6, 6.07) is 7.97. The Hall–Kier alpha value is -1.26. The second kappa shape index (κ2) is 7.36. The van der Waals surface area contributed by atoms with Crippen LogP contribution in [0.4, 0.5) is 0 Å². The molecule has 1 aromatic rings. The molecule has 1 heterocycles. The first kappa shape index (κ1) is 15.8. The van der Waals surface area contributed by atoms with Crippen LogP contribution < -0.4 is 10.1 Å². The lowest BCUT2D eigenvalue weighted by Crippen LogP contribution is -2.52. The minimum Gasteiger partial charge on any atom is -0.497 e. The van der Waals surface area contributed by atoms with Gasteiger partial charge in [0, 0.05) is 25.7 Å². The van der Waals surface area contributed by atoms with Gasteiger partial charge in [0.1, 0.15) is 5.75 Å². The van der Waals surface area contributed by atoms with Gasteiger partial charge in [0.2, 0.25) is 5.91 Å². The van der Waals surface area contributed by atoms with Gasteiger partial charge < -0.3 is 15.0 Å². The maximum absolute atomic E-state index is 12.2. The first-order valence-electron chi connectivity index (χ1n) is 6.34. The quantitative estimate of drug-likeness (QED) is 0.914. The number of nitrogens with zero attached hydrogens (tertiary/aromatic N) is 1. The van der Waals surface area contributed by atoms with E-state index in [4.69, 9.17) is 4.74 Å². The average Bonchev–Trinajstić information content (AvgIpc) is 2.39. The smallest absolute Gasteiger partial charge is 0.227 e. The molecule has 1 amide bonds. The van der Waals surface area contributed by atoms with Gasteiger partial charge in [-0.25, -0.2) is 0 Å². The fourth-order valence-electron chi connectivity index (χ4n) is 2.27. The summed E-state index contributed by atoms with van der Waals surface area (Å²) < 4.78 is 5.17. The van der Waals surface area contributed by atoms with Gasteiger partial charge in [0.05, 0.1) is 13.5 Å². The highest BCUT2D eigenvalue weighted by Gasteiger charge is 2.22. The molecule has 1 atom stereocenters. The molecule has 0 saturated carbocycles. The van der Waals surface area contributed by atoms with Crippen molar-refractivity contribution in [1.82, 2.24) is 10.2 Å². The summed E-state index contributed by atoms with van der Waals surface area (Å²) in [5.74, 6) is 0.992. The summed E-state index contributed by atoms with van der Waals surface area (Å²) in [6.07, 6.45) is 0.446. The molecular formula is C14H21ClN2O2. The Morgan fingerprint density at radius 2 is 2.32 bits per heavy atom. The van der Waals surface area contributed by atoms with E-state index in [9.17, 15) is 4.79 Å². The predicted molar refractivity (Wildman–Crippen MR) is 78.0 cm³/mol. The van der Waals surface area contributed by atoms with Crippen molar-refractivity contribution in [2.24, 2.45) is 0 Å². The van der Waals surface area contributed by atoms with Crippen molar-refractivity contribution >= 4 is 18.3 Å². The summed E-state index contributed by atoms with van der Waals surface area (Å²) >= 11 is 0. The second-order valence-corrected chi connectivity index (χ2v) is 4.67. The maximum Gasteiger partial charge on any atom is 0.227 e. The van der Waals surface area contributed by atoms with E-state index in [1.807, 2.05) is 29.2 Å². The van der Waals surface area contributed by atoms with Crippen LogP contribution in [-0.4, -0.2) is 43.6 Å². The Bertz CT molecular complexity index is 426. The Balaban J connectivity index is 0.00000180. The van der Waals surface area contributed by atoms with Gasteiger partial charge in [-0.2, -0.15) is 0 Å². The fraction of sp³-hybridized carbons (Fsp3) is 0.500. The molecule has 1 aliphatic heterocycles. The monoisotopic (exact) mass is 284 g/mol. The molecule has 1 aromatic carbocycles. The van der Waals surface area contributed by atoms with Crippen LogP contribution in [0.15, 0.2) is 24.3 Å². The Labute approximate surface area is 120 Å². The normalized spacial score (nSPS) is 18.6. The molecule has 1 saturated heterocycles. The third-order valence-electron chi connectivity index (χ3n) is 3.31. The number of hydrogen-bond donors (Lipinski definition) is 1. The van der Waals surface area contributed by atoms with Gasteiger partial charge in [0.25, 0.3) is 0 Å². The maximum atomic E-state index is 12.2. The van der Waals surface area contributed by atoms with Crippen LogP contribution in [0.1, 0.15) is 12.5 Å². The molecule has 0 unspecified atom stereocenters. The first-order chi connectivity index (χ1) is 8.70. The summed E-state index contributed by atoms with van der Waals surface area (Å²) in [5.41, 5.74) is 1.00. The average molecular weight is 285 g/mol. The number of carbonyl (C=O) groups excluding carboxylic acids is 1. The minimum absolute atomic E-state index is 0. The highest BCUT2D eigenvalue weighted by atomic mass is 35.5. The summed E-state index contributed by atoms with van der Waals surface area (Å²) in [5, 5.41) is 3.29. The number of hydrogen-bond acceptors (Lipinski definition) is 3. The second-order valence-electron chi connectivity index (χ2n) is 4.67. The highest BCUT2D eigenvalue weighted by molar-refractivity contribution is 5.85. The zero-order chi connectivity index (χ0) is 13.0. The van der Waals surface area contributed by atoms with Gasteiger partial charge in [-0.3, -0.25) is 4.79 Å². The van der Waals surface area contributed by atoms with Crippen LogP contribution in [0.5, 0.6) is 5.75 Å². The zero-order valence-electron chi connectivity index (χ0n) is 11.4. The standard InChI is InChI=1S/C14H20N2O2.ClH/c1-11-10-15-6-7-16(11)14(17)9-12-4-3-5-13(8-12)18-2;/h3-5,8,11,15H,6-7,9-10H2,1-2H3;1H/t11-;/m1./s1. The number of rotatable bonds is 3. The number of carbonyl (C=O) groups is 1. The third kappa shape index (κ3) is 4.11. The summed E-state index contributed by atoms with van der Waals surface area (Å²) in [7, 11) is 1.64. The van der Waals surface area contributed by atoms with Crippen molar-refractivity contribution < 1.29 is 9.53 Å². The molecule has 1 N–H and O–H groups in total. The van der Waals surface area contributed by atoms with Gasteiger partial charge in [-0.15, -0.1) is 12.4 Å². The first-order valence-corrected chi connectivity index (χ1v) is 6.34. The number of piperazine rings is 1. The fourth-order valence-corrected chi connectivity index (χ4v) is 2.27. The molecule has 0 bridgehead atoms.